The third-order valence-electron chi connectivity index (χ3n) is 3.26. The summed E-state index contributed by atoms with van der Waals surface area (Å²) in [6.07, 6.45) is -4.96. The molecule has 0 saturated carbocycles. The number of hydrogen-bond acceptors (Lipinski definition) is 3. The van der Waals surface area contributed by atoms with Gasteiger partial charge in [-0.2, -0.15) is 13.2 Å². The minimum atomic E-state index is -4.96. The van der Waals surface area contributed by atoms with Crippen molar-refractivity contribution in [3.63, 3.8) is 0 Å². The van der Waals surface area contributed by atoms with E-state index in [-0.39, 0.29) is 17.2 Å². The largest absolute Gasteiger partial charge is 0.471 e. The number of hydrogen-bond donors (Lipinski definition) is 1. The number of benzene rings is 2. The number of halogens is 4. The zero-order valence-corrected chi connectivity index (χ0v) is 13.0. The monoisotopic (exact) mass is 354 g/mol. The van der Waals surface area contributed by atoms with Crippen molar-refractivity contribution in [3.05, 3.63) is 47.0 Å². The van der Waals surface area contributed by atoms with Gasteiger partial charge in [-0.25, -0.2) is 4.98 Å². The van der Waals surface area contributed by atoms with Gasteiger partial charge in [0.2, 0.25) is 5.89 Å². The lowest BCUT2D eigenvalue weighted by molar-refractivity contribution is -0.167. The molecule has 1 N–H and O–H groups in total. The average molecular weight is 355 g/mol. The van der Waals surface area contributed by atoms with Gasteiger partial charge in [-0.1, -0.05) is 17.7 Å². The van der Waals surface area contributed by atoms with Crippen LogP contribution in [0.1, 0.15) is 5.56 Å². The maximum atomic E-state index is 12.3. The second-order valence-corrected chi connectivity index (χ2v) is 5.54. The molecule has 24 heavy (non-hydrogen) atoms. The van der Waals surface area contributed by atoms with Gasteiger partial charge >= 0.3 is 12.1 Å². The van der Waals surface area contributed by atoms with Crippen molar-refractivity contribution < 1.29 is 22.4 Å². The fourth-order valence-corrected chi connectivity index (χ4v) is 2.43. The Morgan fingerprint density at radius 2 is 1.96 bits per heavy atom. The summed E-state index contributed by atoms with van der Waals surface area (Å²) in [6.45, 7) is 1.89. The molecule has 1 aromatic heterocycles. The third-order valence-corrected chi connectivity index (χ3v) is 3.57. The van der Waals surface area contributed by atoms with E-state index in [9.17, 15) is 18.0 Å². The van der Waals surface area contributed by atoms with E-state index in [1.807, 2.05) is 13.0 Å². The summed E-state index contributed by atoms with van der Waals surface area (Å²) < 4.78 is 42.4. The Morgan fingerprint density at radius 1 is 1.21 bits per heavy atom. The first-order chi connectivity index (χ1) is 11.2. The SMILES string of the molecule is Cc1ccc(-c2nc3ccc(NC(=O)C(F)(F)F)cc3o2)c(Cl)c1. The number of nitrogens with one attached hydrogen (secondary N) is 1. The van der Waals surface area contributed by atoms with E-state index in [4.69, 9.17) is 16.0 Å². The molecular weight excluding hydrogens is 345 g/mol. The van der Waals surface area contributed by atoms with Crippen molar-refractivity contribution in [1.82, 2.24) is 4.98 Å². The smallest absolute Gasteiger partial charge is 0.436 e. The maximum absolute atomic E-state index is 12.3. The summed E-state index contributed by atoms with van der Waals surface area (Å²) in [5.74, 6) is -1.81. The molecule has 124 valence electrons. The summed E-state index contributed by atoms with van der Waals surface area (Å²) in [7, 11) is 0. The number of aryl methyl sites for hydroxylation is 1. The van der Waals surface area contributed by atoms with E-state index in [1.165, 1.54) is 18.2 Å². The van der Waals surface area contributed by atoms with Crippen LogP contribution in [0.25, 0.3) is 22.6 Å². The summed E-state index contributed by atoms with van der Waals surface area (Å²) in [5, 5.41) is 2.22. The molecule has 0 aliphatic rings. The molecule has 1 heterocycles. The van der Waals surface area contributed by atoms with Crippen LogP contribution < -0.4 is 5.32 Å². The van der Waals surface area contributed by atoms with Crippen LogP contribution in [0.3, 0.4) is 0 Å². The van der Waals surface area contributed by atoms with Crippen molar-refractivity contribution in [1.29, 1.82) is 0 Å². The Hall–Kier alpha value is -2.54. The van der Waals surface area contributed by atoms with Gasteiger partial charge < -0.3 is 9.73 Å². The summed E-state index contributed by atoms with van der Waals surface area (Å²) >= 11 is 6.16. The van der Waals surface area contributed by atoms with Crippen molar-refractivity contribution in [2.45, 2.75) is 13.1 Å². The minimum Gasteiger partial charge on any atom is -0.436 e. The Bertz CT molecular complexity index is 935. The fourth-order valence-electron chi connectivity index (χ4n) is 2.11. The molecule has 0 unspecified atom stereocenters. The van der Waals surface area contributed by atoms with Gasteiger partial charge in [0.15, 0.2) is 5.58 Å². The van der Waals surface area contributed by atoms with Gasteiger partial charge in [0.1, 0.15) is 5.52 Å². The molecule has 0 atom stereocenters. The first-order valence-electron chi connectivity index (χ1n) is 6.79. The van der Waals surface area contributed by atoms with Crippen LogP contribution in [0.4, 0.5) is 18.9 Å². The molecule has 0 radical (unpaired) electrons. The first-order valence-corrected chi connectivity index (χ1v) is 7.17. The van der Waals surface area contributed by atoms with Crippen molar-refractivity contribution >= 4 is 34.3 Å². The second kappa shape index (κ2) is 5.83. The predicted octanol–water partition coefficient (Wildman–Crippen LogP) is 4.96. The highest BCUT2D eigenvalue weighted by Crippen LogP contribution is 2.31. The van der Waals surface area contributed by atoms with E-state index in [2.05, 4.69) is 4.98 Å². The second-order valence-electron chi connectivity index (χ2n) is 5.14. The van der Waals surface area contributed by atoms with Crippen molar-refractivity contribution in [3.8, 4) is 11.5 Å². The van der Waals surface area contributed by atoms with Crippen LogP contribution in [0.2, 0.25) is 5.02 Å². The minimum absolute atomic E-state index is 0.0393. The predicted molar refractivity (Wildman–Crippen MR) is 83.9 cm³/mol. The third kappa shape index (κ3) is 3.21. The zero-order valence-electron chi connectivity index (χ0n) is 12.2. The lowest BCUT2D eigenvalue weighted by Crippen LogP contribution is -2.29. The summed E-state index contributed by atoms with van der Waals surface area (Å²) in [6, 6.07) is 9.38. The van der Waals surface area contributed by atoms with E-state index in [1.54, 1.807) is 17.4 Å². The molecule has 4 nitrogen and oxygen atoms in total. The normalized spacial score (nSPS) is 11.7. The van der Waals surface area contributed by atoms with E-state index < -0.39 is 12.1 Å². The topological polar surface area (TPSA) is 55.1 Å². The van der Waals surface area contributed by atoms with Crippen LogP contribution in [0, 0.1) is 6.92 Å². The average Bonchev–Trinajstić information content (AvgIpc) is 2.88. The highest BCUT2D eigenvalue weighted by atomic mass is 35.5. The molecule has 2 aromatic carbocycles. The lowest BCUT2D eigenvalue weighted by atomic mass is 10.1. The number of carbonyl (C=O) groups excluding carboxylic acids is 1. The lowest BCUT2D eigenvalue weighted by Gasteiger charge is -2.07. The van der Waals surface area contributed by atoms with Crippen LogP contribution >= 0.6 is 11.6 Å². The number of aromatic nitrogens is 1. The molecule has 0 aliphatic heterocycles. The quantitative estimate of drug-likeness (QED) is 0.707. The Labute approximate surface area is 139 Å². The van der Waals surface area contributed by atoms with Gasteiger partial charge in [0.25, 0.3) is 0 Å². The maximum Gasteiger partial charge on any atom is 0.471 e. The molecule has 1 amide bonds. The molecule has 8 heteroatoms. The number of oxazole rings is 1. The summed E-state index contributed by atoms with van der Waals surface area (Å²) in [4.78, 5) is 15.2. The van der Waals surface area contributed by atoms with E-state index >= 15 is 0 Å². The van der Waals surface area contributed by atoms with E-state index in [0.29, 0.717) is 16.1 Å². The molecule has 0 aliphatic carbocycles. The molecule has 3 aromatic rings. The number of anilines is 1. The standard InChI is InChI=1S/C16H10ClF3N2O2/c1-8-2-4-10(11(17)6-8)14-22-12-5-3-9(7-13(12)24-14)21-15(23)16(18,19)20/h2-7H,1H3,(H,21,23). The molecule has 0 bridgehead atoms. The number of carbonyl (C=O) groups is 1. The van der Waals surface area contributed by atoms with Gasteiger partial charge in [-0.3, -0.25) is 4.79 Å². The van der Waals surface area contributed by atoms with Gasteiger partial charge in [0.05, 0.1) is 10.6 Å². The number of alkyl halides is 3. The van der Waals surface area contributed by atoms with Gasteiger partial charge in [0, 0.05) is 11.8 Å². The molecular formula is C16H10ClF3N2O2. The highest BCUT2D eigenvalue weighted by molar-refractivity contribution is 6.33. The van der Waals surface area contributed by atoms with Crippen LogP contribution in [0.15, 0.2) is 40.8 Å². The molecule has 0 fully saturated rings. The Balaban J connectivity index is 1.96. The number of nitrogens with zero attached hydrogens (tertiary/aromatic N) is 1. The van der Waals surface area contributed by atoms with Crippen molar-refractivity contribution in [2.24, 2.45) is 0 Å². The zero-order chi connectivity index (χ0) is 17.5. The Morgan fingerprint density at radius 3 is 2.62 bits per heavy atom. The van der Waals surface area contributed by atoms with Crippen LogP contribution in [0.5, 0.6) is 0 Å². The highest BCUT2D eigenvalue weighted by Gasteiger charge is 2.38. The van der Waals surface area contributed by atoms with Gasteiger partial charge in [-0.15, -0.1) is 0 Å². The number of fused-ring (bicyclic) bond motifs is 1. The number of amides is 1. The van der Waals surface area contributed by atoms with Crippen LogP contribution in [-0.2, 0) is 4.79 Å². The summed E-state index contributed by atoms with van der Waals surface area (Å²) in [5.41, 5.74) is 2.17. The van der Waals surface area contributed by atoms with Crippen LogP contribution in [-0.4, -0.2) is 17.1 Å². The molecule has 0 spiro atoms. The molecule has 3 rings (SSSR count). The molecule has 0 saturated heterocycles. The van der Waals surface area contributed by atoms with E-state index in [0.717, 1.165) is 5.56 Å². The first kappa shape index (κ1) is 16.3. The number of rotatable bonds is 2. The van der Waals surface area contributed by atoms with Crippen molar-refractivity contribution in [2.75, 3.05) is 5.32 Å². The van der Waals surface area contributed by atoms with Gasteiger partial charge in [-0.05, 0) is 36.8 Å². The fraction of sp³-hybridized carbons (Fsp3) is 0.125. The Kier molecular flexibility index (Phi) is 3.96.